The van der Waals surface area contributed by atoms with E-state index in [0.717, 1.165) is 9.13 Å². The lowest BCUT2D eigenvalue weighted by molar-refractivity contribution is -0.113. The van der Waals surface area contributed by atoms with Crippen LogP contribution in [0.2, 0.25) is 0 Å². The van der Waals surface area contributed by atoms with Gasteiger partial charge in [0.25, 0.3) is 5.56 Å². The van der Waals surface area contributed by atoms with Crippen molar-refractivity contribution < 1.29 is 4.79 Å². The maximum atomic E-state index is 11.6. The highest BCUT2D eigenvalue weighted by molar-refractivity contribution is 6.29. The smallest absolute Gasteiger partial charge is 0.332 e. The second kappa shape index (κ2) is 4.40. The van der Waals surface area contributed by atoms with Crippen molar-refractivity contribution in [2.45, 2.75) is 0 Å². The van der Waals surface area contributed by atoms with Gasteiger partial charge in [-0.2, -0.15) is 0 Å². The van der Waals surface area contributed by atoms with Crippen LogP contribution in [-0.2, 0) is 18.9 Å². The molecule has 0 aromatic carbocycles. The first-order valence-electron chi connectivity index (χ1n) is 4.31. The zero-order valence-electron chi connectivity index (χ0n) is 8.78. The molecule has 0 bridgehead atoms. The normalized spacial score (nSPS) is 10.2. The molecule has 0 fully saturated rings. The van der Waals surface area contributed by atoms with Crippen molar-refractivity contribution in [2.75, 3.05) is 16.9 Å². The Labute approximate surface area is 95.4 Å². The Balaban J connectivity index is 3.46. The van der Waals surface area contributed by atoms with Gasteiger partial charge in [-0.15, -0.1) is 11.6 Å². The average Bonchev–Trinajstić information content (AvgIpc) is 2.29. The summed E-state index contributed by atoms with van der Waals surface area (Å²) in [6, 6.07) is 0. The second-order valence-electron chi connectivity index (χ2n) is 3.15. The fourth-order valence-electron chi connectivity index (χ4n) is 1.15. The molecule has 16 heavy (non-hydrogen) atoms. The molecule has 1 aromatic heterocycles. The molecular formula is C8H11ClN4O3. The number of nitrogens with two attached hydrogens (primary N) is 1. The lowest BCUT2D eigenvalue weighted by Crippen LogP contribution is -2.40. The van der Waals surface area contributed by atoms with Crippen molar-refractivity contribution in [2.24, 2.45) is 14.1 Å². The summed E-state index contributed by atoms with van der Waals surface area (Å²) in [5.74, 6) is -0.971. The number of amides is 1. The first-order chi connectivity index (χ1) is 7.40. The maximum Gasteiger partial charge on any atom is 0.332 e. The van der Waals surface area contributed by atoms with Crippen molar-refractivity contribution in [3.63, 3.8) is 0 Å². The molecule has 0 unspecified atom stereocenters. The molecule has 3 N–H and O–H groups in total. The van der Waals surface area contributed by atoms with Crippen LogP contribution in [0, 0.1) is 0 Å². The summed E-state index contributed by atoms with van der Waals surface area (Å²) in [5.41, 5.74) is 4.17. The van der Waals surface area contributed by atoms with E-state index < -0.39 is 17.2 Å². The summed E-state index contributed by atoms with van der Waals surface area (Å²) >= 11 is 5.29. The SMILES string of the molecule is Cn1c(N)c(NC(=O)CCl)c(=O)n(C)c1=O. The van der Waals surface area contributed by atoms with Crippen LogP contribution in [0.4, 0.5) is 11.5 Å². The molecule has 1 rings (SSSR count). The molecule has 7 nitrogen and oxygen atoms in total. The first kappa shape index (κ1) is 12.3. The van der Waals surface area contributed by atoms with E-state index in [4.69, 9.17) is 17.3 Å². The summed E-state index contributed by atoms with van der Waals surface area (Å²) in [6.45, 7) is 0. The Hall–Kier alpha value is -1.76. The van der Waals surface area contributed by atoms with Crippen LogP contribution < -0.4 is 22.3 Å². The molecular weight excluding hydrogens is 236 g/mol. The van der Waals surface area contributed by atoms with Crippen LogP contribution in [-0.4, -0.2) is 20.9 Å². The Kier molecular flexibility index (Phi) is 3.38. The number of halogens is 1. The number of alkyl halides is 1. The van der Waals surface area contributed by atoms with Gasteiger partial charge >= 0.3 is 5.69 Å². The third kappa shape index (κ3) is 1.94. The third-order valence-corrected chi connectivity index (χ3v) is 2.34. The highest BCUT2D eigenvalue weighted by Crippen LogP contribution is 2.08. The van der Waals surface area contributed by atoms with E-state index in [-0.39, 0.29) is 17.4 Å². The van der Waals surface area contributed by atoms with E-state index >= 15 is 0 Å². The van der Waals surface area contributed by atoms with Gasteiger partial charge in [-0.1, -0.05) is 0 Å². The number of carbonyl (C=O) groups excluding carboxylic acids is 1. The number of rotatable bonds is 2. The molecule has 0 atom stereocenters. The number of hydrogen-bond acceptors (Lipinski definition) is 4. The van der Waals surface area contributed by atoms with E-state index in [1.807, 2.05) is 0 Å². The van der Waals surface area contributed by atoms with Gasteiger partial charge < -0.3 is 11.1 Å². The maximum absolute atomic E-state index is 11.6. The molecule has 1 amide bonds. The Bertz CT molecular complexity index is 545. The van der Waals surface area contributed by atoms with Crippen molar-refractivity contribution in [3.05, 3.63) is 20.8 Å². The van der Waals surface area contributed by atoms with E-state index in [1.54, 1.807) is 0 Å². The van der Waals surface area contributed by atoms with Gasteiger partial charge in [0.1, 0.15) is 17.4 Å². The van der Waals surface area contributed by atoms with Gasteiger partial charge in [0.05, 0.1) is 0 Å². The minimum Gasteiger partial charge on any atom is -0.383 e. The lowest BCUT2D eigenvalue weighted by Gasteiger charge is -2.11. The highest BCUT2D eigenvalue weighted by Gasteiger charge is 2.14. The third-order valence-electron chi connectivity index (χ3n) is 2.10. The van der Waals surface area contributed by atoms with Crippen LogP contribution in [0.3, 0.4) is 0 Å². The van der Waals surface area contributed by atoms with Crippen LogP contribution in [0.25, 0.3) is 0 Å². The monoisotopic (exact) mass is 246 g/mol. The standard InChI is InChI=1S/C8H11ClN4O3/c1-12-6(10)5(11-4(14)3-9)7(15)13(2)8(12)16/h3,10H2,1-2H3,(H,11,14). The first-order valence-corrected chi connectivity index (χ1v) is 4.85. The molecule has 0 spiro atoms. The van der Waals surface area contributed by atoms with Gasteiger partial charge in [0.2, 0.25) is 5.91 Å². The average molecular weight is 247 g/mol. The minimum absolute atomic E-state index is 0.105. The number of hydrogen-bond donors (Lipinski definition) is 2. The van der Waals surface area contributed by atoms with E-state index in [1.165, 1.54) is 14.1 Å². The van der Waals surface area contributed by atoms with Crippen molar-refractivity contribution in [1.82, 2.24) is 9.13 Å². The van der Waals surface area contributed by atoms with Gasteiger partial charge in [0.15, 0.2) is 0 Å². The van der Waals surface area contributed by atoms with Crippen LogP contribution in [0.5, 0.6) is 0 Å². The molecule has 1 aromatic rings. The number of nitrogen functional groups attached to an aromatic ring is 1. The second-order valence-corrected chi connectivity index (χ2v) is 3.42. The fourth-order valence-corrected chi connectivity index (χ4v) is 1.22. The summed E-state index contributed by atoms with van der Waals surface area (Å²) < 4.78 is 1.91. The molecule has 0 radical (unpaired) electrons. The quantitative estimate of drug-likeness (QED) is 0.643. The van der Waals surface area contributed by atoms with Gasteiger partial charge in [-0.3, -0.25) is 18.7 Å². The summed E-state index contributed by atoms with van der Waals surface area (Å²) in [6.07, 6.45) is 0. The zero-order chi connectivity index (χ0) is 12.5. The predicted molar refractivity (Wildman–Crippen MR) is 60.7 cm³/mol. The minimum atomic E-state index is -0.668. The molecule has 0 aliphatic heterocycles. The number of aromatic nitrogens is 2. The Morgan fingerprint density at radius 3 is 2.44 bits per heavy atom. The molecule has 88 valence electrons. The molecule has 0 aliphatic rings. The van der Waals surface area contributed by atoms with Gasteiger partial charge in [-0.05, 0) is 0 Å². The summed E-state index contributed by atoms with van der Waals surface area (Å²) in [7, 11) is 2.69. The van der Waals surface area contributed by atoms with E-state index in [2.05, 4.69) is 5.32 Å². The summed E-state index contributed by atoms with van der Waals surface area (Å²) in [5, 5.41) is 2.25. The van der Waals surface area contributed by atoms with Crippen LogP contribution in [0.15, 0.2) is 9.59 Å². The topological polar surface area (TPSA) is 99.1 Å². The Morgan fingerprint density at radius 2 is 1.94 bits per heavy atom. The summed E-state index contributed by atoms with van der Waals surface area (Å²) in [4.78, 5) is 34.1. The van der Waals surface area contributed by atoms with Crippen molar-refractivity contribution in [1.29, 1.82) is 0 Å². The highest BCUT2D eigenvalue weighted by atomic mass is 35.5. The van der Waals surface area contributed by atoms with Gasteiger partial charge in [0, 0.05) is 14.1 Å². The van der Waals surface area contributed by atoms with Crippen molar-refractivity contribution >= 4 is 29.0 Å². The number of carbonyl (C=O) groups is 1. The lowest BCUT2D eigenvalue weighted by atomic mass is 10.4. The molecule has 0 aliphatic carbocycles. The van der Waals surface area contributed by atoms with E-state index in [9.17, 15) is 14.4 Å². The molecule has 0 saturated carbocycles. The van der Waals surface area contributed by atoms with E-state index in [0.29, 0.717) is 0 Å². The van der Waals surface area contributed by atoms with Crippen LogP contribution >= 0.6 is 11.6 Å². The predicted octanol–water partition coefficient (Wildman–Crippen LogP) is -1.16. The number of nitrogens with one attached hydrogen (secondary N) is 1. The molecule has 0 saturated heterocycles. The molecule has 8 heteroatoms. The number of anilines is 2. The number of nitrogens with zero attached hydrogens (tertiary/aromatic N) is 2. The van der Waals surface area contributed by atoms with Crippen LogP contribution in [0.1, 0.15) is 0 Å². The Morgan fingerprint density at radius 1 is 1.38 bits per heavy atom. The zero-order valence-corrected chi connectivity index (χ0v) is 9.54. The van der Waals surface area contributed by atoms with Crippen molar-refractivity contribution in [3.8, 4) is 0 Å². The van der Waals surface area contributed by atoms with Gasteiger partial charge in [-0.25, -0.2) is 4.79 Å². The fraction of sp³-hybridized carbons (Fsp3) is 0.375. The largest absolute Gasteiger partial charge is 0.383 e. The molecule has 1 heterocycles.